The van der Waals surface area contributed by atoms with Crippen molar-refractivity contribution in [1.29, 1.82) is 0 Å². The van der Waals surface area contributed by atoms with E-state index in [0.29, 0.717) is 50.4 Å². The number of aromatic nitrogens is 2. The van der Waals surface area contributed by atoms with Crippen molar-refractivity contribution in [2.24, 2.45) is 0 Å². The second-order valence-corrected chi connectivity index (χ2v) is 14.2. The molecule has 0 aliphatic carbocycles. The summed E-state index contributed by atoms with van der Waals surface area (Å²) < 4.78 is 83.7. The van der Waals surface area contributed by atoms with Crippen LogP contribution in [0.5, 0.6) is 11.5 Å². The molecule has 316 valence electrons. The predicted molar refractivity (Wildman–Crippen MR) is 196 cm³/mol. The molecular formula is C38H34F6N8O8. The van der Waals surface area contributed by atoms with Gasteiger partial charge in [0.1, 0.15) is 59.4 Å². The molecule has 2 aromatic carbocycles. The van der Waals surface area contributed by atoms with Crippen molar-refractivity contribution < 1.29 is 55.7 Å². The smallest absolute Gasteiger partial charge is 0.277 e. The van der Waals surface area contributed by atoms with E-state index in [4.69, 9.17) is 0 Å². The summed E-state index contributed by atoms with van der Waals surface area (Å²) in [5.41, 5.74) is -4.77. The number of amides is 4. The predicted octanol–water partition coefficient (Wildman–Crippen LogP) is 2.09. The molecule has 4 aromatic rings. The highest BCUT2D eigenvalue weighted by molar-refractivity contribution is 6.00. The van der Waals surface area contributed by atoms with E-state index in [0.717, 1.165) is 38.1 Å². The summed E-state index contributed by atoms with van der Waals surface area (Å²) in [6, 6.07) is 1.89. The summed E-state index contributed by atoms with van der Waals surface area (Å²) in [6.45, 7) is 1.23. The Morgan fingerprint density at radius 1 is 0.550 bits per heavy atom. The monoisotopic (exact) mass is 844 g/mol. The molecule has 22 heteroatoms. The fourth-order valence-electron chi connectivity index (χ4n) is 7.21. The zero-order chi connectivity index (χ0) is 43.2. The number of nitrogens with one attached hydrogen (secondary N) is 2. The number of carbonyl (C=O) groups excluding carboxylic acids is 4. The third-order valence-corrected chi connectivity index (χ3v) is 10.3. The van der Waals surface area contributed by atoms with Crippen LogP contribution in [-0.2, 0) is 13.1 Å². The molecule has 2 aromatic heterocycles. The van der Waals surface area contributed by atoms with E-state index in [1.807, 2.05) is 0 Å². The van der Waals surface area contributed by atoms with Gasteiger partial charge >= 0.3 is 0 Å². The number of rotatable bonds is 6. The second kappa shape index (κ2) is 16.3. The summed E-state index contributed by atoms with van der Waals surface area (Å²) in [5.74, 6) is -11.7. The molecule has 2 saturated heterocycles. The van der Waals surface area contributed by atoms with Gasteiger partial charge in [-0.2, -0.15) is 0 Å². The normalized spacial score (nSPS) is 15.6. The van der Waals surface area contributed by atoms with Crippen LogP contribution in [-0.4, -0.2) is 92.5 Å². The summed E-state index contributed by atoms with van der Waals surface area (Å²) in [7, 11) is 0. The van der Waals surface area contributed by atoms with Gasteiger partial charge < -0.3 is 30.6 Å². The van der Waals surface area contributed by atoms with E-state index in [1.54, 1.807) is 10.0 Å². The molecule has 2 fully saturated rings. The zero-order valence-electron chi connectivity index (χ0n) is 31.2. The van der Waals surface area contributed by atoms with Gasteiger partial charge in [0.05, 0.1) is 0 Å². The third-order valence-electron chi connectivity index (χ3n) is 10.3. The van der Waals surface area contributed by atoms with Crippen molar-refractivity contribution in [3.63, 3.8) is 0 Å². The summed E-state index contributed by atoms with van der Waals surface area (Å²) in [4.78, 5) is 78.3. The molecule has 0 atom stereocenters. The van der Waals surface area contributed by atoms with Gasteiger partial charge in [-0.05, 0) is 25.7 Å². The third kappa shape index (κ3) is 7.66. The van der Waals surface area contributed by atoms with Crippen molar-refractivity contribution in [1.82, 2.24) is 29.8 Å². The topological polar surface area (TPSA) is 190 Å². The van der Waals surface area contributed by atoms with Gasteiger partial charge in [0, 0.05) is 87.1 Å². The Labute approximate surface area is 334 Å². The molecule has 0 radical (unpaired) electrons. The summed E-state index contributed by atoms with van der Waals surface area (Å²) in [6.07, 6.45) is 5.30. The quantitative estimate of drug-likeness (QED) is 0.209. The number of carbonyl (C=O) groups is 4. The zero-order valence-corrected chi connectivity index (χ0v) is 31.2. The highest BCUT2D eigenvalue weighted by atomic mass is 19.2. The average molecular weight is 845 g/mol. The maximum atomic E-state index is 13.8. The molecule has 60 heavy (non-hydrogen) atoms. The highest BCUT2D eigenvalue weighted by Gasteiger charge is 2.37. The van der Waals surface area contributed by atoms with Gasteiger partial charge in [-0.25, -0.2) is 26.3 Å². The van der Waals surface area contributed by atoms with Crippen LogP contribution in [0.1, 0.15) is 78.5 Å². The average Bonchev–Trinajstić information content (AvgIpc) is 3.56. The fraction of sp³-hybridized carbons (Fsp3) is 0.316. The second-order valence-electron chi connectivity index (χ2n) is 14.2. The number of fused-ring (bicyclic) bond motifs is 8. The Balaban J connectivity index is 0.000000181. The van der Waals surface area contributed by atoms with Crippen LogP contribution < -0.4 is 31.5 Å². The standard InChI is InChI=1S/2C19H17F3N4O4/c2*20-10-5-13(21)11(14(22)6-10)7-23-18(29)12-8-26-15(17(28)16(12)27)19(30)24-3-1-2-4-25(26)9-24/h2*5-6,8,28H,1-4,7,9H2,(H,23,29). The van der Waals surface area contributed by atoms with Crippen molar-refractivity contribution in [3.8, 4) is 11.5 Å². The number of hydrogen-bond acceptors (Lipinski definition) is 10. The molecule has 4 amide bonds. The van der Waals surface area contributed by atoms with Crippen LogP contribution in [0.25, 0.3) is 0 Å². The van der Waals surface area contributed by atoms with Crippen LogP contribution in [0.2, 0.25) is 0 Å². The van der Waals surface area contributed by atoms with Gasteiger partial charge in [-0.3, -0.25) is 48.1 Å². The maximum absolute atomic E-state index is 13.8. The number of halogens is 6. The van der Waals surface area contributed by atoms with E-state index >= 15 is 0 Å². The van der Waals surface area contributed by atoms with Crippen LogP contribution in [0.15, 0.2) is 46.2 Å². The molecule has 4 N–H and O–H groups in total. The van der Waals surface area contributed by atoms with E-state index in [1.165, 1.54) is 19.2 Å². The number of benzene rings is 2. The lowest BCUT2D eigenvalue weighted by Crippen LogP contribution is -2.53. The van der Waals surface area contributed by atoms with E-state index in [-0.39, 0.29) is 24.7 Å². The lowest BCUT2D eigenvalue weighted by Gasteiger charge is -2.37. The van der Waals surface area contributed by atoms with Crippen molar-refractivity contribution in [2.45, 2.75) is 38.8 Å². The van der Waals surface area contributed by atoms with E-state index in [9.17, 15) is 65.3 Å². The molecule has 0 saturated carbocycles. The van der Waals surface area contributed by atoms with Crippen molar-refractivity contribution in [2.75, 3.05) is 49.5 Å². The molecule has 4 aliphatic heterocycles. The molecule has 0 unspecified atom stereocenters. The van der Waals surface area contributed by atoms with Gasteiger partial charge in [0.2, 0.25) is 10.9 Å². The Hall–Kier alpha value is -7.00. The molecular weight excluding hydrogens is 810 g/mol. The Bertz CT molecular complexity index is 2360. The molecule has 16 nitrogen and oxygen atoms in total. The van der Waals surface area contributed by atoms with Crippen LogP contribution >= 0.6 is 0 Å². The highest BCUT2D eigenvalue weighted by Crippen LogP contribution is 2.26. The Kier molecular flexibility index (Phi) is 11.2. The lowest BCUT2D eigenvalue weighted by molar-refractivity contribution is 0.0694. The van der Waals surface area contributed by atoms with Crippen LogP contribution in [0.3, 0.4) is 0 Å². The SMILES string of the molecule is O=C(NCc1c(F)cc(F)cc1F)c1cn2c(c(O)c1=O)C(=O)N1CCCCN2C1.O=C(NCc1c(F)cc(F)cc1F)c1cn2c(c(O)c1=O)C(=O)N1CCCCN2C1. The van der Waals surface area contributed by atoms with Gasteiger partial charge in [0.25, 0.3) is 23.6 Å². The number of hydrogen-bond donors (Lipinski definition) is 4. The molecule has 0 spiro atoms. The van der Waals surface area contributed by atoms with E-state index < -0.39 is 116 Å². The van der Waals surface area contributed by atoms with Crippen molar-refractivity contribution >= 4 is 23.6 Å². The van der Waals surface area contributed by atoms with E-state index in [2.05, 4.69) is 10.6 Å². The number of aromatic hydroxyl groups is 2. The number of pyridine rings is 2. The minimum atomic E-state index is -1.19. The maximum Gasteiger partial charge on any atom is 0.277 e. The molecule has 8 rings (SSSR count). The minimum Gasteiger partial charge on any atom is -0.502 e. The first-order chi connectivity index (χ1) is 28.5. The Morgan fingerprint density at radius 3 is 1.23 bits per heavy atom. The minimum absolute atomic E-state index is 0.236. The molecule has 4 bridgehead atoms. The van der Waals surface area contributed by atoms with Crippen molar-refractivity contribution in [3.05, 3.63) is 126 Å². The Morgan fingerprint density at radius 2 is 0.883 bits per heavy atom. The largest absolute Gasteiger partial charge is 0.502 e. The summed E-state index contributed by atoms with van der Waals surface area (Å²) in [5, 5.41) is 28.5. The lowest BCUT2D eigenvalue weighted by atomic mass is 10.1. The molecule has 6 heterocycles. The van der Waals surface area contributed by atoms with Gasteiger partial charge in [0.15, 0.2) is 22.9 Å². The van der Waals surface area contributed by atoms with Crippen LogP contribution in [0, 0.1) is 34.9 Å². The summed E-state index contributed by atoms with van der Waals surface area (Å²) >= 11 is 0. The first-order valence-electron chi connectivity index (χ1n) is 18.4. The first kappa shape index (κ1) is 41.2. The first-order valence-corrected chi connectivity index (χ1v) is 18.4. The van der Waals surface area contributed by atoms with Crippen LogP contribution in [0.4, 0.5) is 26.3 Å². The van der Waals surface area contributed by atoms with Gasteiger partial charge in [-0.1, -0.05) is 0 Å². The fourth-order valence-corrected chi connectivity index (χ4v) is 7.21. The molecule has 4 aliphatic rings. The van der Waals surface area contributed by atoms with Gasteiger partial charge in [-0.15, -0.1) is 0 Å². The number of nitrogens with zero attached hydrogens (tertiary/aromatic N) is 6.